The molecule has 6 nitrogen and oxygen atoms in total. The van der Waals surface area contributed by atoms with E-state index >= 15 is 0 Å². The van der Waals surface area contributed by atoms with Gasteiger partial charge >= 0.3 is 6.03 Å². The molecule has 0 saturated heterocycles. The number of rotatable bonds is 9. The van der Waals surface area contributed by atoms with Gasteiger partial charge in [-0.15, -0.1) is 0 Å². The van der Waals surface area contributed by atoms with Gasteiger partial charge in [0.2, 0.25) is 0 Å². The summed E-state index contributed by atoms with van der Waals surface area (Å²) in [5.41, 5.74) is 1.14. The van der Waals surface area contributed by atoms with Gasteiger partial charge in [-0.1, -0.05) is 61.7 Å². The van der Waals surface area contributed by atoms with Crippen LogP contribution in [0.4, 0.5) is 4.79 Å². The number of methoxy groups -OCH3 is 1. The molecule has 3 amide bonds. The van der Waals surface area contributed by atoms with Crippen LogP contribution in [0.1, 0.15) is 42.1 Å². The van der Waals surface area contributed by atoms with Crippen molar-refractivity contribution in [2.24, 2.45) is 0 Å². The Morgan fingerprint density at radius 1 is 1.10 bits per heavy atom. The summed E-state index contributed by atoms with van der Waals surface area (Å²) in [6.07, 6.45) is 2.94. The summed E-state index contributed by atoms with van der Waals surface area (Å²) in [6.45, 7) is 2.91. The Morgan fingerprint density at radius 2 is 1.83 bits per heavy atom. The molecule has 0 spiro atoms. The normalized spacial score (nSPS) is 10.3. The van der Waals surface area contributed by atoms with Gasteiger partial charge < -0.3 is 14.8 Å². The van der Waals surface area contributed by atoms with E-state index in [9.17, 15) is 9.59 Å². The smallest absolute Gasteiger partial charge is 0.324 e. The topological polar surface area (TPSA) is 67.9 Å². The van der Waals surface area contributed by atoms with E-state index in [2.05, 4.69) is 12.2 Å². The van der Waals surface area contributed by atoms with Crippen LogP contribution in [-0.2, 0) is 6.61 Å². The van der Waals surface area contributed by atoms with Crippen LogP contribution in [-0.4, -0.2) is 37.5 Å². The van der Waals surface area contributed by atoms with Crippen LogP contribution in [0, 0.1) is 0 Å². The molecule has 156 valence electrons. The van der Waals surface area contributed by atoms with E-state index in [4.69, 9.17) is 21.1 Å². The van der Waals surface area contributed by atoms with Gasteiger partial charge in [0.25, 0.3) is 5.91 Å². The first-order valence-corrected chi connectivity index (χ1v) is 9.95. The summed E-state index contributed by atoms with van der Waals surface area (Å²) in [7, 11) is 2.92. The van der Waals surface area contributed by atoms with Gasteiger partial charge in [0.05, 0.1) is 17.7 Å². The number of hydrogen-bond donors (Lipinski definition) is 1. The number of imide groups is 1. The van der Waals surface area contributed by atoms with Gasteiger partial charge in [-0.2, -0.15) is 0 Å². The average molecular weight is 419 g/mol. The number of nitrogens with one attached hydrogen (secondary N) is 1. The van der Waals surface area contributed by atoms with Gasteiger partial charge in [0.1, 0.15) is 6.61 Å². The maximum Gasteiger partial charge on any atom is 0.324 e. The monoisotopic (exact) mass is 418 g/mol. The highest BCUT2D eigenvalue weighted by Crippen LogP contribution is 2.34. The summed E-state index contributed by atoms with van der Waals surface area (Å²) in [5, 5.41) is 2.92. The van der Waals surface area contributed by atoms with Crippen LogP contribution >= 0.6 is 11.6 Å². The second-order valence-electron chi connectivity index (χ2n) is 6.56. The fourth-order valence-electron chi connectivity index (χ4n) is 2.67. The van der Waals surface area contributed by atoms with E-state index in [1.54, 1.807) is 0 Å². The number of benzene rings is 2. The maximum absolute atomic E-state index is 12.8. The molecule has 0 aliphatic carbocycles. The fourth-order valence-corrected chi connectivity index (χ4v) is 2.90. The van der Waals surface area contributed by atoms with Crippen LogP contribution in [0.15, 0.2) is 42.5 Å². The predicted octanol–water partition coefficient (Wildman–Crippen LogP) is 4.90. The minimum absolute atomic E-state index is 0.168. The highest BCUT2D eigenvalue weighted by Gasteiger charge is 2.23. The molecular weight excluding hydrogens is 392 g/mol. The molecule has 0 bridgehead atoms. The summed E-state index contributed by atoms with van der Waals surface area (Å²) in [4.78, 5) is 26.1. The van der Waals surface area contributed by atoms with Gasteiger partial charge in [-0.3, -0.25) is 9.69 Å². The number of carbonyl (C=O) groups is 2. The molecule has 2 aromatic carbocycles. The van der Waals surface area contributed by atoms with Crippen LogP contribution in [0.25, 0.3) is 0 Å². The first-order valence-electron chi connectivity index (χ1n) is 9.58. The van der Waals surface area contributed by atoms with E-state index in [0.29, 0.717) is 24.7 Å². The average Bonchev–Trinajstić information content (AvgIpc) is 2.75. The van der Waals surface area contributed by atoms with Crippen molar-refractivity contribution >= 4 is 23.5 Å². The molecule has 0 radical (unpaired) electrons. The molecule has 0 aliphatic rings. The Morgan fingerprint density at radius 3 is 2.48 bits per heavy atom. The lowest BCUT2D eigenvalue weighted by atomic mass is 10.1. The molecule has 0 saturated carbocycles. The number of unbranched alkanes of at least 4 members (excludes halogenated alkanes) is 2. The zero-order chi connectivity index (χ0) is 21.2. The largest absolute Gasteiger partial charge is 0.493 e. The zero-order valence-electron chi connectivity index (χ0n) is 17.0. The van der Waals surface area contributed by atoms with Crippen molar-refractivity contribution in [3.63, 3.8) is 0 Å². The second-order valence-corrected chi connectivity index (χ2v) is 6.97. The molecule has 7 heteroatoms. The van der Waals surface area contributed by atoms with Crippen molar-refractivity contribution < 1.29 is 19.1 Å². The van der Waals surface area contributed by atoms with Crippen molar-refractivity contribution in [3.8, 4) is 11.5 Å². The number of hydrogen-bond acceptors (Lipinski definition) is 4. The number of nitrogens with zero attached hydrogens (tertiary/aromatic N) is 1. The van der Waals surface area contributed by atoms with Gasteiger partial charge in [0, 0.05) is 19.7 Å². The number of halogens is 1. The quantitative estimate of drug-likeness (QED) is 0.588. The molecule has 0 fully saturated rings. The van der Waals surface area contributed by atoms with Crippen molar-refractivity contribution in [1.82, 2.24) is 10.2 Å². The van der Waals surface area contributed by atoms with Gasteiger partial charge in [-0.25, -0.2) is 4.79 Å². The van der Waals surface area contributed by atoms with Crippen molar-refractivity contribution in [3.05, 3.63) is 58.6 Å². The lowest BCUT2D eigenvalue weighted by Gasteiger charge is -2.19. The molecule has 0 heterocycles. The summed E-state index contributed by atoms with van der Waals surface area (Å²) < 4.78 is 11.2. The Labute approximate surface area is 176 Å². The standard InChI is InChI=1S/C22H27ClN2O4/c1-4-5-9-12-24-22(27)25(2)21(26)17-13-20(19(28-3)14-18(17)23)29-15-16-10-7-6-8-11-16/h6-8,10-11,13-14H,4-5,9,12,15H2,1-3H3,(H,24,27). The Balaban J connectivity index is 2.14. The molecule has 2 aromatic rings. The van der Waals surface area contributed by atoms with Crippen molar-refractivity contribution in [1.29, 1.82) is 0 Å². The van der Waals surface area contributed by atoms with Crippen LogP contribution < -0.4 is 14.8 Å². The van der Waals surface area contributed by atoms with Crippen LogP contribution in [0.2, 0.25) is 5.02 Å². The van der Waals surface area contributed by atoms with E-state index in [1.807, 2.05) is 30.3 Å². The first kappa shape index (κ1) is 22.6. The molecule has 2 rings (SSSR count). The van der Waals surface area contributed by atoms with E-state index in [1.165, 1.54) is 26.3 Å². The first-order chi connectivity index (χ1) is 14.0. The molecule has 0 aliphatic heterocycles. The van der Waals surface area contributed by atoms with Crippen LogP contribution in [0.5, 0.6) is 11.5 Å². The number of urea groups is 1. The summed E-state index contributed by atoms with van der Waals surface area (Å²) >= 11 is 6.27. The highest BCUT2D eigenvalue weighted by molar-refractivity contribution is 6.34. The van der Waals surface area contributed by atoms with E-state index in [-0.39, 0.29) is 10.6 Å². The Hall–Kier alpha value is -2.73. The highest BCUT2D eigenvalue weighted by atomic mass is 35.5. The molecule has 29 heavy (non-hydrogen) atoms. The van der Waals surface area contributed by atoms with E-state index < -0.39 is 11.9 Å². The van der Waals surface area contributed by atoms with E-state index in [0.717, 1.165) is 29.7 Å². The maximum atomic E-state index is 12.8. The molecule has 0 atom stereocenters. The fraction of sp³-hybridized carbons (Fsp3) is 0.364. The zero-order valence-corrected chi connectivity index (χ0v) is 17.8. The van der Waals surface area contributed by atoms with Gasteiger partial charge in [0.15, 0.2) is 11.5 Å². The minimum Gasteiger partial charge on any atom is -0.493 e. The number of ether oxygens (including phenoxy) is 2. The van der Waals surface area contributed by atoms with Crippen molar-refractivity contribution in [2.75, 3.05) is 20.7 Å². The second kappa shape index (κ2) is 11.3. The molecular formula is C22H27ClN2O4. The summed E-state index contributed by atoms with van der Waals surface area (Å²) in [6, 6.07) is 12.2. The lowest BCUT2D eigenvalue weighted by molar-refractivity contribution is 0.0831. The molecule has 0 aromatic heterocycles. The SMILES string of the molecule is CCCCCNC(=O)N(C)C(=O)c1cc(OCc2ccccc2)c(OC)cc1Cl. The minimum atomic E-state index is -0.518. The lowest BCUT2D eigenvalue weighted by Crippen LogP contribution is -2.41. The van der Waals surface area contributed by atoms with Crippen molar-refractivity contribution in [2.45, 2.75) is 32.8 Å². The molecule has 0 unspecified atom stereocenters. The number of carbonyl (C=O) groups excluding carboxylic acids is 2. The molecule has 1 N–H and O–H groups in total. The third kappa shape index (κ3) is 6.39. The Kier molecular flexibility index (Phi) is 8.80. The predicted molar refractivity (Wildman–Crippen MR) is 114 cm³/mol. The third-order valence-corrected chi connectivity index (χ3v) is 4.70. The third-order valence-electron chi connectivity index (χ3n) is 4.39. The summed E-state index contributed by atoms with van der Waals surface area (Å²) in [5.74, 6) is 0.269. The van der Waals surface area contributed by atoms with Crippen LogP contribution in [0.3, 0.4) is 0 Å². The number of amides is 3. The van der Waals surface area contributed by atoms with Gasteiger partial charge in [-0.05, 0) is 18.1 Å². The Bertz CT molecular complexity index is 827.